The number of hydrogen-bond donors (Lipinski definition) is 2. The third-order valence-corrected chi connectivity index (χ3v) is 3.69. The third-order valence-electron chi connectivity index (χ3n) is 3.69. The first-order valence-electron chi connectivity index (χ1n) is 8.54. The van der Waals surface area contributed by atoms with Crippen molar-refractivity contribution in [2.75, 3.05) is 11.9 Å². The van der Waals surface area contributed by atoms with Crippen molar-refractivity contribution in [1.82, 2.24) is 0 Å². The number of nitrogens with two attached hydrogens (primary N) is 1. The lowest BCUT2D eigenvalue weighted by Crippen LogP contribution is -2.30. The number of ether oxygens (including phenoxy) is 2. The Labute approximate surface area is 157 Å². The third kappa shape index (κ3) is 5.57. The summed E-state index contributed by atoms with van der Waals surface area (Å²) in [6.07, 6.45) is 0.645. The summed E-state index contributed by atoms with van der Waals surface area (Å²) in [6.45, 7) is 4.10. The van der Waals surface area contributed by atoms with Gasteiger partial charge in [-0.05, 0) is 49.7 Å². The number of nitrogens with one attached hydrogen (secondary N) is 1. The standard InChI is InChI=1S/C20H22N2O5/c1-3-10-26-17-9-6-15(12-23)18(11-17)27-13(2)20(25)22-16-7-4-14(5-8-16)19(21)24/h4-9,11-13H,3,10H2,1-2H3,(H2,21,24)(H,22,25)/t13-/m0/s1. The van der Waals surface area contributed by atoms with Gasteiger partial charge in [-0.15, -0.1) is 0 Å². The van der Waals surface area contributed by atoms with Crippen LogP contribution in [-0.2, 0) is 4.79 Å². The Hall–Kier alpha value is -3.35. The minimum Gasteiger partial charge on any atom is -0.493 e. The summed E-state index contributed by atoms with van der Waals surface area (Å²) in [6, 6.07) is 11.0. The molecule has 0 aliphatic heterocycles. The van der Waals surface area contributed by atoms with Crippen LogP contribution in [0.4, 0.5) is 5.69 Å². The largest absolute Gasteiger partial charge is 0.493 e. The van der Waals surface area contributed by atoms with Crippen molar-refractivity contribution in [3.63, 3.8) is 0 Å². The molecule has 2 rings (SSSR count). The van der Waals surface area contributed by atoms with E-state index in [1.54, 1.807) is 37.3 Å². The SMILES string of the molecule is CCCOc1ccc(C=O)c(O[C@@H](C)C(=O)Nc2ccc(C(N)=O)cc2)c1. The molecule has 0 radical (unpaired) electrons. The van der Waals surface area contributed by atoms with Crippen molar-refractivity contribution in [2.24, 2.45) is 5.73 Å². The van der Waals surface area contributed by atoms with E-state index in [2.05, 4.69) is 5.32 Å². The van der Waals surface area contributed by atoms with E-state index < -0.39 is 17.9 Å². The molecule has 0 bridgehead atoms. The molecule has 0 spiro atoms. The van der Waals surface area contributed by atoms with E-state index >= 15 is 0 Å². The van der Waals surface area contributed by atoms with Crippen LogP contribution >= 0.6 is 0 Å². The van der Waals surface area contributed by atoms with Crippen LogP contribution in [0, 0.1) is 0 Å². The first kappa shape index (κ1) is 20.0. The normalized spacial score (nSPS) is 11.3. The van der Waals surface area contributed by atoms with Crippen LogP contribution in [-0.4, -0.2) is 30.8 Å². The Kier molecular flexibility index (Phi) is 6.93. The van der Waals surface area contributed by atoms with E-state index in [1.807, 2.05) is 6.92 Å². The highest BCUT2D eigenvalue weighted by Gasteiger charge is 2.17. The molecule has 1 atom stereocenters. The highest BCUT2D eigenvalue weighted by molar-refractivity contribution is 5.96. The molecule has 2 amide bonds. The summed E-state index contributed by atoms with van der Waals surface area (Å²) in [4.78, 5) is 34.6. The van der Waals surface area contributed by atoms with E-state index in [-0.39, 0.29) is 5.75 Å². The summed E-state index contributed by atoms with van der Waals surface area (Å²) in [5.74, 6) is -0.118. The molecule has 0 aliphatic carbocycles. The Balaban J connectivity index is 2.06. The molecular weight excluding hydrogens is 348 g/mol. The zero-order valence-corrected chi connectivity index (χ0v) is 15.2. The second-order valence-corrected chi connectivity index (χ2v) is 5.86. The van der Waals surface area contributed by atoms with Crippen LogP contribution in [0.25, 0.3) is 0 Å². The molecular formula is C20H22N2O5. The second kappa shape index (κ2) is 9.38. The van der Waals surface area contributed by atoms with Gasteiger partial charge in [0.1, 0.15) is 11.5 Å². The zero-order valence-electron chi connectivity index (χ0n) is 15.2. The first-order valence-corrected chi connectivity index (χ1v) is 8.54. The molecule has 0 fully saturated rings. The van der Waals surface area contributed by atoms with Crippen molar-refractivity contribution < 1.29 is 23.9 Å². The number of benzene rings is 2. The zero-order chi connectivity index (χ0) is 19.8. The lowest BCUT2D eigenvalue weighted by Gasteiger charge is -2.17. The Morgan fingerprint density at radius 1 is 1.19 bits per heavy atom. The lowest BCUT2D eigenvalue weighted by molar-refractivity contribution is -0.122. The number of carbonyl (C=O) groups excluding carboxylic acids is 3. The van der Waals surface area contributed by atoms with E-state index in [1.165, 1.54) is 12.1 Å². The molecule has 0 saturated carbocycles. The molecule has 7 nitrogen and oxygen atoms in total. The van der Waals surface area contributed by atoms with Gasteiger partial charge in [-0.1, -0.05) is 6.92 Å². The number of rotatable bonds is 9. The van der Waals surface area contributed by atoms with Crippen molar-refractivity contribution in [3.8, 4) is 11.5 Å². The van der Waals surface area contributed by atoms with Gasteiger partial charge in [-0.3, -0.25) is 14.4 Å². The molecule has 3 N–H and O–H groups in total. The van der Waals surface area contributed by atoms with Gasteiger partial charge in [0.15, 0.2) is 12.4 Å². The van der Waals surface area contributed by atoms with E-state index in [0.717, 1.165) is 6.42 Å². The summed E-state index contributed by atoms with van der Waals surface area (Å²) < 4.78 is 11.2. The maximum absolute atomic E-state index is 12.3. The number of primary amides is 1. The summed E-state index contributed by atoms with van der Waals surface area (Å²) >= 11 is 0. The maximum Gasteiger partial charge on any atom is 0.265 e. The van der Waals surface area contributed by atoms with Crippen LogP contribution in [0.15, 0.2) is 42.5 Å². The number of carbonyl (C=O) groups is 3. The van der Waals surface area contributed by atoms with Crippen LogP contribution in [0.1, 0.15) is 41.0 Å². The van der Waals surface area contributed by atoms with E-state index in [9.17, 15) is 14.4 Å². The van der Waals surface area contributed by atoms with Gasteiger partial charge in [-0.25, -0.2) is 0 Å². The van der Waals surface area contributed by atoms with Gasteiger partial charge in [0.05, 0.1) is 12.2 Å². The fourth-order valence-electron chi connectivity index (χ4n) is 2.23. The van der Waals surface area contributed by atoms with Gasteiger partial charge in [0.2, 0.25) is 5.91 Å². The number of hydrogen-bond acceptors (Lipinski definition) is 5. The topological polar surface area (TPSA) is 108 Å². The highest BCUT2D eigenvalue weighted by Crippen LogP contribution is 2.25. The van der Waals surface area contributed by atoms with Crippen LogP contribution in [0.2, 0.25) is 0 Å². The Bertz CT molecular complexity index is 818. The number of amides is 2. The minimum absolute atomic E-state index is 0.269. The fourth-order valence-corrected chi connectivity index (χ4v) is 2.23. The minimum atomic E-state index is -0.860. The first-order chi connectivity index (χ1) is 12.9. The van der Waals surface area contributed by atoms with Gasteiger partial charge >= 0.3 is 0 Å². The molecule has 0 aromatic heterocycles. The van der Waals surface area contributed by atoms with Crippen LogP contribution in [0.3, 0.4) is 0 Å². The smallest absolute Gasteiger partial charge is 0.265 e. The number of aldehydes is 1. The molecule has 7 heteroatoms. The summed E-state index contributed by atoms with van der Waals surface area (Å²) in [7, 11) is 0. The fraction of sp³-hybridized carbons (Fsp3) is 0.250. The molecule has 0 unspecified atom stereocenters. The van der Waals surface area contributed by atoms with Gasteiger partial charge in [0, 0.05) is 17.3 Å². The summed E-state index contributed by atoms with van der Waals surface area (Å²) in [5, 5.41) is 2.68. The molecule has 27 heavy (non-hydrogen) atoms. The van der Waals surface area contributed by atoms with Crippen LogP contribution in [0.5, 0.6) is 11.5 Å². The molecule has 0 aliphatic rings. The molecule has 2 aromatic rings. The average molecular weight is 370 g/mol. The van der Waals surface area contributed by atoms with Crippen LogP contribution < -0.4 is 20.5 Å². The van der Waals surface area contributed by atoms with Gasteiger partial charge < -0.3 is 20.5 Å². The average Bonchev–Trinajstić information content (AvgIpc) is 2.66. The molecule has 0 heterocycles. The monoisotopic (exact) mass is 370 g/mol. The maximum atomic E-state index is 12.3. The van der Waals surface area contributed by atoms with Gasteiger partial charge in [0.25, 0.3) is 5.91 Å². The Morgan fingerprint density at radius 2 is 1.89 bits per heavy atom. The quantitative estimate of drug-likeness (QED) is 0.660. The Morgan fingerprint density at radius 3 is 2.48 bits per heavy atom. The predicted molar refractivity (Wildman–Crippen MR) is 101 cm³/mol. The van der Waals surface area contributed by atoms with E-state index in [0.29, 0.717) is 35.5 Å². The van der Waals surface area contributed by atoms with Crippen molar-refractivity contribution >= 4 is 23.8 Å². The molecule has 2 aromatic carbocycles. The summed E-state index contributed by atoms with van der Waals surface area (Å²) in [5.41, 5.74) is 6.35. The van der Waals surface area contributed by atoms with Crippen molar-refractivity contribution in [2.45, 2.75) is 26.4 Å². The molecule has 142 valence electrons. The number of anilines is 1. The second-order valence-electron chi connectivity index (χ2n) is 5.86. The van der Waals surface area contributed by atoms with Crippen molar-refractivity contribution in [3.05, 3.63) is 53.6 Å². The lowest BCUT2D eigenvalue weighted by atomic mass is 10.2. The van der Waals surface area contributed by atoms with Gasteiger partial charge in [-0.2, -0.15) is 0 Å². The van der Waals surface area contributed by atoms with Crippen molar-refractivity contribution in [1.29, 1.82) is 0 Å². The highest BCUT2D eigenvalue weighted by atomic mass is 16.5. The molecule has 0 saturated heterocycles. The predicted octanol–water partition coefficient (Wildman–Crippen LogP) is 2.79. The van der Waals surface area contributed by atoms with E-state index in [4.69, 9.17) is 15.2 Å².